The predicted octanol–water partition coefficient (Wildman–Crippen LogP) is 3.02. The molecule has 2 heterocycles. The number of carbonyl (C=O) groups excluding carboxylic acids is 1. The Morgan fingerprint density at radius 3 is 2.50 bits per heavy atom. The Labute approximate surface area is 149 Å². The highest BCUT2D eigenvalue weighted by atomic mass is 32.2. The maximum Gasteiger partial charge on any atom is 0.252 e. The Hall–Kier alpha value is -0.920. The van der Waals surface area contributed by atoms with Crippen molar-refractivity contribution in [1.29, 1.82) is 0 Å². The van der Waals surface area contributed by atoms with Crippen molar-refractivity contribution in [3.05, 3.63) is 17.0 Å². The Kier molecular flexibility index (Phi) is 6.83. The molecule has 0 bridgehead atoms. The number of nitrogens with one attached hydrogen (secondary N) is 1. The highest BCUT2D eigenvalue weighted by Crippen LogP contribution is 2.27. The minimum atomic E-state index is -3.37. The molecule has 5 nitrogen and oxygen atoms in total. The van der Waals surface area contributed by atoms with Crippen LogP contribution in [-0.4, -0.2) is 37.8 Å². The van der Waals surface area contributed by atoms with Crippen molar-refractivity contribution in [2.45, 2.75) is 63.1 Å². The smallest absolute Gasteiger partial charge is 0.252 e. The second-order valence-electron chi connectivity index (χ2n) is 6.95. The van der Waals surface area contributed by atoms with Crippen LogP contribution in [0.4, 0.5) is 0 Å². The first-order valence-corrected chi connectivity index (χ1v) is 10.9. The van der Waals surface area contributed by atoms with E-state index < -0.39 is 10.0 Å². The number of thiophene rings is 1. The summed E-state index contributed by atoms with van der Waals surface area (Å²) in [6.07, 6.45) is 4.13. The van der Waals surface area contributed by atoms with Gasteiger partial charge in [0.15, 0.2) is 0 Å². The maximum absolute atomic E-state index is 12.5. The molecule has 1 saturated heterocycles. The Bertz CT molecular complexity index is 647. The SMILES string of the molecule is CC(C)CCC(C)NC(=O)Cc1ccc(S(=O)(=O)N2CCCC2)s1. The van der Waals surface area contributed by atoms with Gasteiger partial charge in [-0.25, -0.2) is 8.42 Å². The van der Waals surface area contributed by atoms with Crippen LogP contribution in [0, 0.1) is 5.92 Å². The number of hydrogen-bond donors (Lipinski definition) is 1. The fraction of sp³-hybridized carbons (Fsp3) is 0.706. The third-order valence-electron chi connectivity index (χ3n) is 4.22. The molecule has 136 valence electrons. The van der Waals surface area contributed by atoms with Gasteiger partial charge in [0.1, 0.15) is 4.21 Å². The van der Waals surface area contributed by atoms with Gasteiger partial charge in [-0.1, -0.05) is 13.8 Å². The zero-order valence-corrected chi connectivity index (χ0v) is 16.4. The van der Waals surface area contributed by atoms with E-state index in [2.05, 4.69) is 19.2 Å². The molecule has 7 heteroatoms. The van der Waals surface area contributed by atoms with Crippen LogP contribution in [0.5, 0.6) is 0 Å². The molecule has 1 amide bonds. The van der Waals surface area contributed by atoms with Crippen molar-refractivity contribution in [3.63, 3.8) is 0 Å². The van der Waals surface area contributed by atoms with E-state index in [-0.39, 0.29) is 18.4 Å². The first-order chi connectivity index (χ1) is 11.3. The molecule has 0 saturated carbocycles. The average molecular weight is 373 g/mol. The summed E-state index contributed by atoms with van der Waals surface area (Å²) < 4.78 is 26.9. The molecule has 1 unspecified atom stereocenters. The summed E-state index contributed by atoms with van der Waals surface area (Å²) in [5.74, 6) is 0.582. The van der Waals surface area contributed by atoms with Crippen molar-refractivity contribution in [2.24, 2.45) is 5.92 Å². The van der Waals surface area contributed by atoms with E-state index in [0.717, 1.165) is 30.6 Å². The van der Waals surface area contributed by atoms with E-state index in [1.165, 1.54) is 15.6 Å². The number of nitrogens with zero attached hydrogens (tertiary/aromatic N) is 1. The number of carbonyl (C=O) groups is 1. The first-order valence-electron chi connectivity index (χ1n) is 8.67. The van der Waals surface area contributed by atoms with Gasteiger partial charge in [0.05, 0.1) is 6.42 Å². The molecule has 1 aromatic rings. The van der Waals surface area contributed by atoms with Crippen LogP contribution in [0.2, 0.25) is 0 Å². The van der Waals surface area contributed by atoms with E-state index >= 15 is 0 Å². The number of amides is 1. The molecular weight excluding hydrogens is 344 g/mol. The Morgan fingerprint density at radius 1 is 1.21 bits per heavy atom. The van der Waals surface area contributed by atoms with Gasteiger partial charge in [0, 0.05) is 24.0 Å². The normalized spacial score (nSPS) is 17.3. The average Bonchev–Trinajstić information content (AvgIpc) is 3.16. The lowest BCUT2D eigenvalue weighted by Gasteiger charge is -2.15. The predicted molar refractivity (Wildman–Crippen MR) is 97.7 cm³/mol. The summed E-state index contributed by atoms with van der Waals surface area (Å²) in [6.45, 7) is 7.55. The monoisotopic (exact) mass is 372 g/mol. The van der Waals surface area contributed by atoms with Gasteiger partial charge in [-0.3, -0.25) is 4.79 Å². The zero-order chi connectivity index (χ0) is 17.7. The molecule has 1 N–H and O–H groups in total. The zero-order valence-electron chi connectivity index (χ0n) is 14.7. The van der Waals surface area contributed by atoms with E-state index in [9.17, 15) is 13.2 Å². The quantitative estimate of drug-likeness (QED) is 0.763. The summed E-state index contributed by atoms with van der Waals surface area (Å²) in [6, 6.07) is 3.53. The highest BCUT2D eigenvalue weighted by molar-refractivity contribution is 7.91. The van der Waals surface area contributed by atoms with Crippen LogP contribution in [0.3, 0.4) is 0 Å². The van der Waals surface area contributed by atoms with Gasteiger partial charge < -0.3 is 5.32 Å². The van der Waals surface area contributed by atoms with E-state index in [1.807, 2.05) is 6.92 Å². The Balaban J connectivity index is 1.90. The Morgan fingerprint density at radius 2 is 1.88 bits per heavy atom. The minimum Gasteiger partial charge on any atom is -0.353 e. The largest absolute Gasteiger partial charge is 0.353 e. The molecule has 1 atom stereocenters. The number of hydrogen-bond acceptors (Lipinski definition) is 4. The lowest BCUT2D eigenvalue weighted by atomic mass is 10.0. The fourth-order valence-corrected chi connectivity index (χ4v) is 5.81. The molecule has 1 aromatic heterocycles. The summed E-state index contributed by atoms with van der Waals surface area (Å²) in [5.41, 5.74) is 0. The summed E-state index contributed by atoms with van der Waals surface area (Å²) in [5, 5.41) is 2.99. The van der Waals surface area contributed by atoms with Crippen LogP contribution in [0.25, 0.3) is 0 Å². The minimum absolute atomic E-state index is 0.0433. The molecule has 1 aliphatic rings. The lowest BCUT2D eigenvalue weighted by molar-refractivity contribution is -0.121. The second kappa shape index (κ2) is 8.45. The number of sulfonamides is 1. The summed E-state index contributed by atoms with van der Waals surface area (Å²) >= 11 is 1.21. The summed E-state index contributed by atoms with van der Waals surface area (Å²) in [7, 11) is -3.37. The fourth-order valence-electron chi connectivity index (χ4n) is 2.79. The van der Waals surface area contributed by atoms with Crippen LogP contribution < -0.4 is 5.32 Å². The number of rotatable bonds is 8. The summed E-state index contributed by atoms with van der Waals surface area (Å²) in [4.78, 5) is 12.9. The van der Waals surface area contributed by atoms with Crippen molar-refractivity contribution in [1.82, 2.24) is 9.62 Å². The van der Waals surface area contributed by atoms with Crippen LogP contribution in [0.15, 0.2) is 16.3 Å². The van der Waals surface area contributed by atoms with Crippen LogP contribution in [0.1, 0.15) is 51.3 Å². The molecule has 2 rings (SSSR count). The van der Waals surface area contributed by atoms with Crippen LogP contribution >= 0.6 is 11.3 Å². The van der Waals surface area contributed by atoms with Gasteiger partial charge in [-0.05, 0) is 50.7 Å². The van der Waals surface area contributed by atoms with E-state index in [1.54, 1.807) is 12.1 Å². The van der Waals surface area contributed by atoms with Crippen molar-refractivity contribution < 1.29 is 13.2 Å². The van der Waals surface area contributed by atoms with Gasteiger partial charge in [-0.2, -0.15) is 4.31 Å². The second-order valence-corrected chi connectivity index (χ2v) is 10.3. The van der Waals surface area contributed by atoms with E-state index in [0.29, 0.717) is 23.2 Å². The van der Waals surface area contributed by atoms with Crippen LogP contribution in [-0.2, 0) is 21.2 Å². The topological polar surface area (TPSA) is 66.5 Å². The van der Waals surface area contributed by atoms with Crippen molar-refractivity contribution in [2.75, 3.05) is 13.1 Å². The molecule has 1 aliphatic heterocycles. The van der Waals surface area contributed by atoms with Crippen molar-refractivity contribution >= 4 is 27.3 Å². The molecular formula is C17H28N2O3S2. The molecule has 0 aromatic carbocycles. The van der Waals surface area contributed by atoms with Gasteiger partial charge in [-0.15, -0.1) is 11.3 Å². The molecule has 1 fully saturated rings. The first kappa shape index (κ1) is 19.4. The van der Waals surface area contributed by atoms with Gasteiger partial charge >= 0.3 is 0 Å². The third kappa shape index (κ3) is 5.29. The molecule has 24 heavy (non-hydrogen) atoms. The third-order valence-corrected chi connectivity index (χ3v) is 7.67. The molecule has 0 aliphatic carbocycles. The van der Waals surface area contributed by atoms with E-state index in [4.69, 9.17) is 0 Å². The molecule has 0 spiro atoms. The van der Waals surface area contributed by atoms with Gasteiger partial charge in [0.25, 0.3) is 10.0 Å². The van der Waals surface area contributed by atoms with Gasteiger partial charge in [0.2, 0.25) is 5.91 Å². The van der Waals surface area contributed by atoms with Crippen molar-refractivity contribution in [3.8, 4) is 0 Å². The lowest BCUT2D eigenvalue weighted by Crippen LogP contribution is -2.33. The standard InChI is InChI=1S/C17H28N2O3S2/c1-13(2)6-7-14(3)18-16(20)12-15-8-9-17(23-15)24(21,22)19-10-4-5-11-19/h8-9,13-14H,4-7,10-12H2,1-3H3,(H,18,20). The maximum atomic E-state index is 12.5. The highest BCUT2D eigenvalue weighted by Gasteiger charge is 2.28. The molecule has 0 radical (unpaired) electrons.